The number of ketones is 1. The number of nitrogens with zero attached hydrogens (tertiary/aromatic N) is 3. The number of hydrogen-bond donors (Lipinski definition) is 1. The molecule has 0 aliphatic carbocycles. The molecule has 1 aliphatic rings. The van der Waals surface area contributed by atoms with E-state index in [1.165, 1.54) is 34.1 Å². The molecular weight excluding hydrogens is 435 g/mol. The highest BCUT2D eigenvalue weighted by Gasteiger charge is 2.44. The quantitative estimate of drug-likeness (QED) is 0.310. The van der Waals surface area contributed by atoms with E-state index in [2.05, 4.69) is 18.8 Å². The minimum absolute atomic E-state index is 0.111. The number of hydrogen-bond acceptors (Lipinski definition) is 4. The number of halogens is 1. The van der Waals surface area contributed by atoms with Gasteiger partial charge in [0.1, 0.15) is 11.5 Å². The van der Waals surface area contributed by atoms with E-state index < -0.39 is 29.3 Å². The molecule has 4 rings (SSSR count). The van der Waals surface area contributed by atoms with E-state index in [0.717, 1.165) is 19.6 Å². The topological polar surface area (TPSA) is 82.2 Å². The van der Waals surface area contributed by atoms with Crippen LogP contribution in [0.3, 0.4) is 0 Å². The van der Waals surface area contributed by atoms with Gasteiger partial charge in [0.2, 0.25) is 5.78 Å². The highest BCUT2D eigenvalue weighted by Crippen LogP contribution is 2.39. The van der Waals surface area contributed by atoms with Crippen LogP contribution in [0.4, 0.5) is 4.39 Å². The molecule has 3 heterocycles. The number of fused-ring (bicyclic) bond motifs is 1. The molecule has 0 radical (unpaired) electrons. The fraction of sp³-hybridized carbons (Fsp3) is 0.346. The Kier molecular flexibility index (Phi) is 6.79. The summed E-state index contributed by atoms with van der Waals surface area (Å²) in [6.45, 7) is 9.03. The summed E-state index contributed by atoms with van der Waals surface area (Å²) in [7, 11) is 0. The first-order valence-electron chi connectivity index (χ1n) is 11.7. The van der Waals surface area contributed by atoms with Gasteiger partial charge in [-0.2, -0.15) is 0 Å². The van der Waals surface area contributed by atoms with Crippen molar-refractivity contribution in [2.45, 2.75) is 33.2 Å². The normalized spacial score (nSPS) is 17.9. The van der Waals surface area contributed by atoms with Crippen molar-refractivity contribution in [3.8, 4) is 0 Å². The fourth-order valence-corrected chi connectivity index (χ4v) is 4.71. The highest BCUT2D eigenvalue weighted by molar-refractivity contribution is 6.46. The number of nitrogens with one attached hydrogen (secondary N) is 1. The fourth-order valence-electron chi connectivity index (χ4n) is 4.71. The van der Waals surface area contributed by atoms with Crippen LogP contribution in [0.5, 0.6) is 0 Å². The lowest BCUT2D eigenvalue weighted by molar-refractivity contribution is -0.896. The molecule has 1 aliphatic heterocycles. The van der Waals surface area contributed by atoms with E-state index in [9.17, 15) is 19.1 Å². The largest absolute Gasteiger partial charge is 0.871 e. The number of amides is 1. The van der Waals surface area contributed by atoms with Gasteiger partial charge in [-0.25, -0.2) is 9.37 Å². The summed E-state index contributed by atoms with van der Waals surface area (Å²) >= 11 is 0. The number of aryl methyl sites for hydroxylation is 1. The van der Waals surface area contributed by atoms with Crippen LogP contribution in [0.25, 0.3) is 11.4 Å². The van der Waals surface area contributed by atoms with Crippen molar-refractivity contribution in [2.75, 3.05) is 26.2 Å². The van der Waals surface area contributed by atoms with Crippen molar-refractivity contribution in [2.24, 2.45) is 0 Å². The number of rotatable bonds is 8. The highest BCUT2D eigenvalue weighted by atomic mass is 19.1. The zero-order valence-corrected chi connectivity index (χ0v) is 19.7. The van der Waals surface area contributed by atoms with Gasteiger partial charge in [0.05, 0.1) is 37.1 Å². The van der Waals surface area contributed by atoms with Crippen LogP contribution in [0.1, 0.15) is 43.3 Å². The second kappa shape index (κ2) is 9.77. The molecule has 1 unspecified atom stereocenters. The Bertz CT molecular complexity index is 1240. The van der Waals surface area contributed by atoms with Crippen molar-refractivity contribution in [3.63, 3.8) is 0 Å². The monoisotopic (exact) mass is 464 g/mol. The number of aromatic nitrogens is 2. The molecule has 0 saturated carbocycles. The maximum atomic E-state index is 13.8. The first kappa shape index (κ1) is 23.6. The summed E-state index contributed by atoms with van der Waals surface area (Å²) in [6.07, 6.45) is 2.39. The molecule has 3 aromatic rings. The summed E-state index contributed by atoms with van der Waals surface area (Å²) in [5.41, 5.74) is 1.74. The van der Waals surface area contributed by atoms with Gasteiger partial charge >= 0.3 is 0 Å². The number of Topliss-reactive ketones (excluding diaryl/α,β-unsaturated/α-hetero) is 1. The number of carbonyl (C=O) groups is 2. The minimum Gasteiger partial charge on any atom is -0.871 e. The first-order chi connectivity index (χ1) is 16.4. The number of quaternary nitrogens is 1. The molecule has 1 aromatic carbocycles. The van der Waals surface area contributed by atoms with E-state index in [0.29, 0.717) is 29.9 Å². The summed E-state index contributed by atoms with van der Waals surface area (Å²) in [6, 6.07) is 10.1. The minimum atomic E-state index is -0.867. The van der Waals surface area contributed by atoms with Crippen molar-refractivity contribution in [3.05, 3.63) is 77.0 Å². The van der Waals surface area contributed by atoms with Crippen LogP contribution in [-0.4, -0.2) is 52.2 Å². The molecular formula is C26H29FN4O3. The maximum absolute atomic E-state index is 13.8. The van der Waals surface area contributed by atoms with Gasteiger partial charge in [-0.3, -0.25) is 9.59 Å². The molecule has 2 aromatic heterocycles. The third-order valence-corrected chi connectivity index (χ3v) is 6.56. The SMILES string of the molecule is CC[NH+](CC)CCCN1C(=O)C(=O)C(=C([O-])c2c(C)nc3ccccn23)C1c1ccc(F)cc1. The number of likely N-dealkylation sites (tertiary alicyclic amines) is 1. The number of benzene rings is 1. The molecule has 8 heteroatoms. The van der Waals surface area contributed by atoms with Crippen molar-refractivity contribution >= 4 is 23.1 Å². The van der Waals surface area contributed by atoms with Gasteiger partial charge in [-0.05, 0) is 50.6 Å². The average molecular weight is 465 g/mol. The van der Waals surface area contributed by atoms with Crippen LogP contribution in [-0.2, 0) is 9.59 Å². The van der Waals surface area contributed by atoms with Gasteiger partial charge in [0.25, 0.3) is 5.91 Å². The van der Waals surface area contributed by atoms with Crippen LogP contribution in [0.2, 0.25) is 0 Å². The molecule has 1 fully saturated rings. The molecule has 1 N–H and O–H groups in total. The molecule has 1 saturated heterocycles. The average Bonchev–Trinajstić information content (AvgIpc) is 3.30. The maximum Gasteiger partial charge on any atom is 0.295 e. The molecule has 0 bridgehead atoms. The Balaban J connectivity index is 1.81. The second-order valence-corrected chi connectivity index (χ2v) is 8.56. The number of imidazole rings is 1. The molecule has 34 heavy (non-hydrogen) atoms. The molecule has 7 nitrogen and oxygen atoms in total. The third kappa shape index (κ3) is 4.21. The molecule has 0 spiro atoms. The van der Waals surface area contributed by atoms with Gasteiger partial charge in [0.15, 0.2) is 0 Å². The summed E-state index contributed by atoms with van der Waals surface area (Å²) in [4.78, 5) is 33.6. The summed E-state index contributed by atoms with van der Waals surface area (Å²) in [5.74, 6) is -2.46. The van der Waals surface area contributed by atoms with E-state index in [1.807, 2.05) is 6.07 Å². The predicted molar refractivity (Wildman–Crippen MR) is 124 cm³/mol. The number of carbonyl (C=O) groups excluding carboxylic acids is 2. The first-order valence-corrected chi connectivity index (χ1v) is 11.7. The van der Waals surface area contributed by atoms with Crippen molar-refractivity contribution in [1.82, 2.24) is 14.3 Å². The standard InChI is InChI=1S/C26H29FN4O3/c1-4-29(5-2)14-8-16-31-23(18-10-12-19(27)13-11-18)21(25(33)26(31)34)24(32)22-17(3)28-20-9-6-7-15-30(20)22/h6-7,9-13,15,23,32H,4-5,8,14,16H2,1-3H3. The molecule has 178 valence electrons. The predicted octanol–water partition coefficient (Wildman–Crippen LogP) is 1.32. The Morgan fingerprint density at radius 3 is 2.50 bits per heavy atom. The lowest BCUT2D eigenvalue weighted by Crippen LogP contribution is -3.11. The van der Waals surface area contributed by atoms with E-state index in [4.69, 9.17) is 0 Å². The zero-order chi connectivity index (χ0) is 24.4. The Hall–Kier alpha value is -3.52. The summed E-state index contributed by atoms with van der Waals surface area (Å²) < 4.78 is 15.3. The van der Waals surface area contributed by atoms with Crippen molar-refractivity contribution < 1.29 is 24.0 Å². The van der Waals surface area contributed by atoms with Crippen LogP contribution in [0.15, 0.2) is 54.2 Å². The smallest absolute Gasteiger partial charge is 0.295 e. The van der Waals surface area contributed by atoms with E-state index in [1.54, 1.807) is 29.7 Å². The summed E-state index contributed by atoms with van der Waals surface area (Å²) in [5, 5.41) is 13.8. The van der Waals surface area contributed by atoms with Gasteiger partial charge in [-0.15, -0.1) is 0 Å². The van der Waals surface area contributed by atoms with Gasteiger partial charge in [0, 0.05) is 24.7 Å². The second-order valence-electron chi connectivity index (χ2n) is 8.56. The lowest BCUT2D eigenvalue weighted by atomic mass is 9.96. The molecule has 1 atom stereocenters. The number of pyridine rings is 1. The van der Waals surface area contributed by atoms with Gasteiger partial charge in [-0.1, -0.05) is 24.0 Å². The van der Waals surface area contributed by atoms with E-state index in [-0.39, 0.29) is 11.3 Å². The van der Waals surface area contributed by atoms with Gasteiger partial charge < -0.3 is 19.3 Å². The van der Waals surface area contributed by atoms with Crippen LogP contribution in [0, 0.1) is 12.7 Å². The Labute approximate surface area is 198 Å². The van der Waals surface area contributed by atoms with Crippen LogP contribution >= 0.6 is 0 Å². The molecule has 1 amide bonds. The zero-order valence-electron chi connectivity index (χ0n) is 19.7. The van der Waals surface area contributed by atoms with E-state index >= 15 is 0 Å². The Morgan fingerprint density at radius 1 is 1.12 bits per heavy atom. The van der Waals surface area contributed by atoms with Crippen LogP contribution < -0.4 is 10.0 Å². The lowest BCUT2D eigenvalue weighted by Gasteiger charge is -2.28. The Morgan fingerprint density at radius 2 is 1.82 bits per heavy atom. The van der Waals surface area contributed by atoms with Crippen molar-refractivity contribution in [1.29, 1.82) is 0 Å². The third-order valence-electron chi connectivity index (χ3n) is 6.56.